The molecule has 0 aliphatic carbocycles. The number of hydrogen-bond donors (Lipinski definition) is 5. The topological polar surface area (TPSA) is 145 Å². The first-order valence-electron chi connectivity index (χ1n) is 23.8. The van der Waals surface area contributed by atoms with Crippen LogP contribution < -0.4 is 11.1 Å². The number of carbonyl (C=O) groups is 2. The number of hydrogen-bond acceptors (Lipinski definition) is 7. The molecule has 1 heterocycles. The van der Waals surface area contributed by atoms with E-state index in [1.165, 1.54) is 122 Å². The summed E-state index contributed by atoms with van der Waals surface area (Å²) in [7, 11) is 0. The molecule has 1 aliphatic heterocycles. The van der Waals surface area contributed by atoms with Gasteiger partial charge in [0, 0.05) is 31.0 Å². The van der Waals surface area contributed by atoms with Gasteiger partial charge in [-0.1, -0.05) is 193 Å². The summed E-state index contributed by atoms with van der Waals surface area (Å²) in [6.07, 6.45) is 29.5. The summed E-state index contributed by atoms with van der Waals surface area (Å²) in [5, 5.41) is 35.2. The molecule has 9 nitrogen and oxygen atoms in total. The smallest absolute Gasteiger partial charge is 0.255 e. The Hall–Kier alpha value is -2.04. The molecule has 1 aromatic carbocycles. The van der Waals surface area contributed by atoms with Gasteiger partial charge in [0.2, 0.25) is 11.8 Å². The minimum atomic E-state index is -1.74. The molecule has 1 aliphatic rings. The molecule has 6 N–H and O–H groups in total. The van der Waals surface area contributed by atoms with Crippen molar-refractivity contribution in [1.29, 1.82) is 0 Å². The molecule has 2 amide bonds. The lowest BCUT2D eigenvalue weighted by Gasteiger charge is -2.50. The Bertz CT molecular complexity index is 1170. The lowest BCUT2D eigenvalue weighted by molar-refractivity contribution is -0.278. The number of ether oxygens (including phenoxy) is 1. The third-order valence-corrected chi connectivity index (χ3v) is 11.9. The van der Waals surface area contributed by atoms with Gasteiger partial charge in [-0.3, -0.25) is 14.5 Å². The monoisotopic (exact) mass is 802 g/mol. The van der Waals surface area contributed by atoms with Crippen molar-refractivity contribution in [3.05, 3.63) is 35.4 Å². The maximum atomic E-state index is 14.3. The van der Waals surface area contributed by atoms with E-state index in [2.05, 4.69) is 19.2 Å². The Morgan fingerprint density at radius 3 is 1.63 bits per heavy atom. The highest BCUT2D eigenvalue weighted by Gasteiger charge is 2.52. The van der Waals surface area contributed by atoms with Crippen LogP contribution in [0.3, 0.4) is 0 Å². The van der Waals surface area contributed by atoms with Crippen LogP contribution >= 0.6 is 0 Å². The van der Waals surface area contributed by atoms with Crippen molar-refractivity contribution in [3.8, 4) is 0 Å². The Labute approximate surface area is 348 Å². The number of rotatable bonds is 35. The normalized spacial score (nSPS) is 20.1. The molecule has 9 heteroatoms. The third-order valence-electron chi connectivity index (χ3n) is 11.9. The fourth-order valence-electron chi connectivity index (χ4n) is 8.40. The first-order chi connectivity index (χ1) is 27.7. The number of nitrogens with zero attached hydrogens (tertiary/aromatic N) is 1. The fourth-order valence-corrected chi connectivity index (χ4v) is 8.40. The number of amides is 2. The summed E-state index contributed by atoms with van der Waals surface area (Å²) in [6.45, 7) is 6.16. The molecule has 0 spiro atoms. The van der Waals surface area contributed by atoms with Crippen LogP contribution in [-0.4, -0.2) is 75.4 Å². The third kappa shape index (κ3) is 21.2. The SMILES string of the molecule is CCCCCCCCCCCCCCCCCCN(C(=O)CCCCCCCCCCCCC)[C@@]1(NC(=O)c2ccccc2C[C@@H](C)N)C[C@@H](O)[C@H](O)[C@@H](CO)O1. The molecule has 0 radical (unpaired) electrons. The first kappa shape index (κ1) is 51.1. The van der Waals surface area contributed by atoms with Gasteiger partial charge in [0.15, 0.2) is 0 Å². The van der Waals surface area contributed by atoms with Crippen LogP contribution in [0.4, 0.5) is 0 Å². The van der Waals surface area contributed by atoms with Crippen molar-refractivity contribution < 1.29 is 29.6 Å². The van der Waals surface area contributed by atoms with Gasteiger partial charge in [-0.2, -0.15) is 0 Å². The first-order valence-corrected chi connectivity index (χ1v) is 23.8. The molecule has 0 saturated carbocycles. The molecule has 1 aromatic rings. The van der Waals surface area contributed by atoms with Gasteiger partial charge < -0.3 is 31.1 Å². The van der Waals surface area contributed by atoms with E-state index in [4.69, 9.17) is 10.5 Å². The lowest BCUT2D eigenvalue weighted by Crippen LogP contribution is -2.71. The number of carbonyl (C=O) groups excluding carboxylic acids is 2. The highest BCUT2D eigenvalue weighted by atomic mass is 16.6. The summed E-state index contributed by atoms with van der Waals surface area (Å²) in [6, 6.07) is 7.08. The lowest BCUT2D eigenvalue weighted by atomic mass is 9.95. The van der Waals surface area contributed by atoms with E-state index in [1.54, 1.807) is 17.0 Å². The van der Waals surface area contributed by atoms with E-state index >= 15 is 0 Å². The summed E-state index contributed by atoms with van der Waals surface area (Å²) in [5.74, 6) is -2.35. The number of nitrogens with two attached hydrogens (primary N) is 1. The van der Waals surface area contributed by atoms with E-state index in [1.807, 2.05) is 19.1 Å². The minimum Gasteiger partial charge on any atom is -0.394 e. The number of unbranched alkanes of at least 4 members (excludes halogenated alkanes) is 25. The Kier molecular flexibility index (Phi) is 28.5. The maximum Gasteiger partial charge on any atom is 0.255 e. The zero-order chi connectivity index (χ0) is 41.6. The van der Waals surface area contributed by atoms with Crippen molar-refractivity contribution >= 4 is 11.8 Å². The van der Waals surface area contributed by atoms with Crippen LogP contribution in [0.2, 0.25) is 0 Å². The predicted octanol–water partition coefficient (Wildman–Crippen LogP) is 10.3. The minimum absolute atomic E-state index is 0.156. The summed E-state index contributed by atoms with van der Waals surface area (Å²) < 4.78 is 6.38. The van der Waals surface area contributed by atoms with Gasteiger partial charge in [-0.05, 0) is 37.8 Å². The highest BCUT2D eigenvalue weighted by Crippen LogP contribution is 2.33. The zero-order valence-electron chi connectivity index (χ0n) is 36.8. The fraction of sp³-hybridized carbons (Fsp3) is 0.833. The Morgan fingerprint density at radius 1 is 0.737 bits per heavy atom. The zero-order valence-corrected chi connectivity index (χ0v) is 36.8. The average Bonchev–Trinajstić information content (AvgIpc) is 3.19. The molecule has 1 fully saturated rings. The van der Waals surface area contributed by atoms with E-state index in [-0.39, 0.29) is 18.4 Å². The Balaban J connectivity index is 2.05. The van der Waals surface area contributed by atoms with Crippen molar-refractivity contribution in [2.45, 2.75) is 244 Å². The van der Waals surface area contributed by atoms with Gasteiger partial charge >= 0.3 is 0 Å². The van der Waals surface area contributed by atoms with Crippen LogP contribution in [0.15, 0.2) is 24.3 Å². The molecule has 5 atom stereocenters. The second-order valence-electron chi connectivity index (χ2n) is 17.3. The maximum absolute atomic E-state index is 14.3. The van der Waals surface area contributed by atoms with Crippen molar-refractivity contribution in [1.82, 2.24) is 10.2 Å². The molecule has 0 unspecified atom stereocenters. The van der Waals surface area contributed by atoms with Gasteiger partial charge in [0.1, 0.15) is 12.2 Å². The van der Waals surface area contributed by atoms with Crippen LogP contribution in [-0.2, 0) is 16.0 Å². The largest absolute Gasteiger partial charge is 0.394 e. The van der Waals surface area contributed by atoms with Crippen LogP contribution in [0, 0.1) is 0 Å². The van der Waals surface area contributed by atoms with Gasteiger partial charge in [-0.15, -0.1) is 0 Å². The van der Waals surface area contributed by atoms with Crippen LogP contribution in [0.25, 0.3) is 0 Å². The molecule has 0 aromatic heterocycles. The van der Waals surface area contributed by atoms with Gasteiger partial charge in [0.25, 0.3) is 5.91 Å². The van der Waals surface area contributed by atoms with E-state index in [0.29, 0.717) is 31.4 Å². The molecule has 1 saturated heterocycles. The molecule has 0 bridgehead atoms. The summed E-state index contributed by atoms with van der Waals surface area (Å²) in [5.41, 5.74) is 7.31. The van der Waals surface area contributed by atoms with Crippen LogP contribution in [0.1, 0.15) is 223 Å². The second-order valence-corrected chi connectivity index (χ2v) is 17.3. The second kappa shape index (κ2) is 31.8. The average molecular weight is 802 g/mol. The summed E-state index contributed by atoms with van der Waals surface area (Å²) in [4.78, 5) is 30.0. The molecular weight excluding hydrogens is 715 g/mol. The van der Waals surface area contributed by atoms with Gasteiger partial charge in [-0.25, -0.2) is 0 Å². The molecular formula is C48H87N3O6. The molecule has 57 heavy (non-hydrogen) atoms. The number of aliphatic hydroxyl groups excluding tert-OH is 3. The van der Waals surface area contributed by atoms with Crippen molar-refractivity contribution in [3.63, 3.8) is 0 Å². The van der Waals surface area contributed by atoms with E-state index in [0.717, 1.165) is 50.5 Å². The van der Waals surface area contributed by atoms with Crippen molar-refractivity contribution in [2.24, 2.45) is 5.73 Å². The van der Waals surface area contributed by atoms with Gasteiger partial charge in [0.05, 0.1) is 12.7 Å². The Morgan fingerprint density at radius 2 is 1.18 bits per heavy atom. The predicted molar refractivity (Wildman–Crippen MR) is 235 cm³/mol. The molecule has 2 rings (SSSR count). The standard InChI is InChI=1S/C48H87N3O6/c1-4-6-8-10-12-14-16-17-18-19-20-22-24-26-28-32-36-51(45(54)35-29-27-25-23-21-15-13-11-9-7-5-2)48(38-43(53)46(55)44(39-52)57-48)50-47(56)42-34-31-30-33-41(42)37-40(3)49/h30-31,33-34,40,43-44,46,52-53,55H,4-29,32,35-39,49H2,1-3H3,(H,50,56)/t40-,43-,44-,46+,48+/m1/s1. The van der Waals surface area contributed by atoms with Crippen LogP contribution in [0.5, 0.6) is 0 Å². The number of benzene rings is 1. The van der Waals surface area contributed by atoms with E-state index in [9.17, 15) is 24.9 Å². The highest BCUT2D eigenvalue weighted by molar-refractivity contribution is 5.96. The summed E-state index contributed by atoms with van der Waals surface area (Å²) >= 11 is 0. The van der Waals surface area contributed by atoms with E-state index < -0.39 is 36.7 Å². The quantitative estimate of drug-likeness (QED) is 0.0339. The number of nitrogens with one attached hydrogen (secondary N) is 1. The molecule has 330 valence electrons. The van der Waals surface area contributed by atoms with Crippen molar-refractivity contribution in [2.75, 3.05) is 13.2 Å². The number of aliphatic hydroxyl groups is 3.